The van der Waals surface area contributed by atoms with Crippen LogP contribution in [0, 0.1) is 6.92 Å². The van der Waals surface area contributed by atoms with Crippen LogP contribution in [0.15, 0.2) is 18.2 Å². The van der Waals surface area contributed by atoms with Crippen molar-refractivity contribution in [2.45, 2.75) is 38.1 Å². The van der Waals surface area contributed by atoms with Crippen LogP contribution in [-0.4, -0.2) is 12.1 Å². The molecule has 3 N–H and O–H groups in total. The maximum Gasteiger partial charge on any atom is 0.119 e. The Labute approximate surface area is 107 Å². The van der Waals surface area contributed by atoms with E-state index < -0.39 is 0 Å². The highest BCUT2D eigenvalue weighted by molar-refractivity contribution is 5.87. The molecule has 96 valence electrons. The second kappa shape index (κ2) is 4.02. The summed E-state index contributed by atoms with van der Waals surface area (Å²) < 4.78 is 5.33. The van der Waals surface area contributed by atoms with Crippen LogP contribution in [0.4, 0.5) is 0 Å². The second-order valence-corrected chi connectivity index (χ2v) is 5.40. The molecule has 0 spiro atoms. The lowest BCUT2D eigenvalue weighted by atomic mass is 9.87. The van der Waals surface area contributed by atoms with E-state index in [1.54, 1.807) is 7.11 Å². The fourth-order valence-corrected chi connectivity index (χ4v) is 3.33. The van der Waals surface area contributed by atoms with Gasteiger partial charge in [-0.2, -0.15) is 0 Å². The molecular formula is C15H20N2O. The van der Waals surface area contributed by atoms with Gasteiger partial charge in [-0.15, -0.1) is 0 Å². The van der Waals surface area contributed by atoms with Gasteiger partial charge in [-0.25, -0.2) is 0 Å². The van der Waals surface area contributed by atoms with Gasteiger partial charge in [0.1, 0.15) is 5.75 Å². The van der Waals surface area contributed by atoms with Crippen molar-refractivity contribution in [3.05, 3.63) is 29.5 Å². The van der Waals surface area contributed by atoms with E-state index in [1.165, 1.54) is 29.5 Å². The molecule has 0 atom stereocenters. The first-order valence-corrected chi connectivity index (χ1v) is 6.60. The Morgan fingerprint density at radius 1 is 1.28 bits per heavy atom. The molecule has 3 heteroatoms. The van der Waals surface area contributed by atoms with E-state index in [4.69, 9.17) is 10.5 Å². The monoisotopic (exact) mass is 244 g/mol. The summed E-state index contributed by atoms with van der Waals surface area (Å²) in [6.07, 6.45) is 4.62. The topological polar surface area (TPSA) is 51.0 Å². The first-order valence-electron chi connectivity index (χ1n) is 6.60. The van der Waals surface area contributed by atoms with Crippen molar-refractivity contribution in [3.8, 4) is 5.75 Å². The van der Waals surface area contributed by atoms with Crippen molar-refractivity contribution in [1.82, 2.24) is 4.98 Å². The number of methoxy groups -OCH3 is 1. The number of benzene rings is 1. The third kappa shape index (κ3) is 1.62. The molecule has 0 amide bonds. The number of aromatic nitrogens is 1. The van der Waals surface area contributed by atoms with Crippen molar-refractivity contribution in [3.63, 3.8) is 0 Å². The minimum Gasteiger partial charge on any atom is -0.497 e. The normalized spacial score (nSPS) is 18.4. The quantitative estimate of drug-likeness (QED) is 0.852. The summed E-state index contributed by atoms with van der Waals surface area (Å²) >= 11 is 0. The van der Waals surface area contributed by atoms with Gasteiger partial charge in [0.05, 0.1) is 7.11 Å². The molecule has 1 heterocycles. The Balaban J connectivity index is 2.23. The van der Waals surface area contributed by atoms with Crippen LogP contribution in [0.5, 0.6) is 5.75 Å². The number of nitrogens with one attached hydrogen (secondary N) is 1. The number of aromatic amines is 1. The largest absolute Gasteiger partial charge is 0.497 e. The summed E-state index contributed by atoms with van der Waals surface area (Å²) in [6, 6.07) is 6.16. The third-order valence-electron chi connectivity index (χ3n) is 4.19. The van der Waals surface area contributed by atoms with Crippen LogP contribution in [0.1, 0.15) is 36.9 Å². The van der Waals surface area contributed by atoms with Crippen LogP contribution in [-0.2, 0) is 5.54 Å². The Bertz CT molecular complexity index is 579. The zero-order valence-electron chi connectivity index (χ0n) is 11.0. The van der Waals surface area contributed by atoms with E-state index in [1.807, 2.05) is 6.07 Å². The highest BCUT2D eigenvalue weighted by Crippen LogP contribution is 2.42. The van der Waals surface area contributed by atoms with Gasteiger partial charge in [-0.3, -0.25) is 0 Å². The minimum atomic E-state index is -0.158. The van der Waals surface area contributed by atoms with Crippen molar-refractivity contribution < 1.29 is 4.74 Å². The van der Waals surface area contributed by atoms with Gasteiger partial charge in [0.2, 0.25) is 0 Å². The van der Waals surface area contributed by atoms with Crippen LogP contribution < -0.4 is 10.5 Å². The van der Waals surface area contributed by atoms with E-state index in [0.29, 0.717) is 0 Å². The van der Waals surface area contributed by atoms with Crippen LogP contribution >= 0.6 is 0 Å². The van der Waals surface area contributed by atoms with E-state index in [0.717, 1.165) is 24.1 Å². The molecule has 3 nitrogen and oxygen atoms in total. The van der Waals surface area contributed by atoms with Gasteiger partial charge in [-0.1, -0.05) is 12.8 Å². The molecule has 1 saturated carbocycles. The van der Waals surface area contributed by atoms with Gasteiger partial charge in [-0.05, 0) is 38.0 Å². The lowest BCUT2D eigenvalue weighted by Gasteiger charge is -2.24. The SMILES string of the molecule is COc1ccc2[nH]c(C)c(C3(N)CCCC3)c2c1. The van der Waals surface area contributed by atoms with E-state index >= 15 is 0 Å². The van der Waals surface area contributed by atoms with Crippen molar-refractivity contribution >= 4 is 10.9 Å². The number of ether oxygens (including phenoxy) is 1. The summed E-state index contributed by atoms with van der Waals surface area (Å²) in [5, 5.41) is 1.22. The Morgan fingerprint density at radius 2 is 2.00 bits per heavy atom. The molecule has 1 aromatic heterocycles. The molecule has 18 heavy (non-hydrogen) atoms. The van der Waals surface area contributed by atoms with Crippen LogP contribution in [0.2, 0.25) is 0 Å². The summed E-state index contributed by atoms with van der Waals surface area (Å²) in [5.74, 6) is 0.893. The summed E-state index contributed by atoms with van der Waals surface area (Å²) in [5.41, 5.74) is 10.1. The number of fused-ring (bicyclic) bond motifs is 1. The number of nitrogens with two attached hydrogens (primary N) is 1. The maximum atomic E-state index is 6.62. The minimum absolute atomic E-state index is 0.158. The van der Waals surface area contributed by atoms with Gasteiger partial charge in [0.25, 0.3) is 0 Å². The van der Waals surface area contributed by atoms with Crippen LogP contribution in [0.3, 0.4) is 0 Å². The van der Waals surface area contributed by atoms with E-state index in [2.05, 4.69) is 24.0 Å². The highest BCUT2D eigenvalue weighted by atomic mass is 16.5. The molecule has 0 unspecified atom stereocenters. The molecule has 0 radical (unpaired) electrons. The predicted octanol–water partition coefficient (Wildman–Crippen LogP) is 3.21. The Kier molecular flexibility index (Phi) is 2.59. The molecule has 1 aromatic carbocycles. The van der Waals surface area contributed by atoms with Gasteiger partial charge in [0.15, 0.2) is 0 Å². The Hall–Kier alpha value is -1.48. The molecule has 0 bridgehead atoms. The first-order chi connectivity index (χ1) is 8.64. The fourth-order valence-electron chi connectivity index (χ4n) is 3.33. The fraction of sp³-hybridized carbons (Fsp3) is 0.467. The average molecular weight is 244 g/mol. The third-order valence-corrected chi connectivity index (χ3v) is 4.19. The average Bonchev–Trinajstić information content (AvgIpc) is 2.91. The number of hydrogen-bond donors (Lipinski definition) is 2. The van der Waals surface area contributed by atoms with E-state index in [-0.39, 0.29) is 5.54 Å². The predicted molar refractivity (Wildman–Crippen MR) is 73.9 cm³/mol. The molecule has 2 aromatic rings. The number of H-pyrrole nitrogens is 1. The number of aryl methyl sites for hydroxylation is 1. The summed E-state index contributed by atoms with van der Waals surface area (Å²) in [6.45, 7) is 2.12. The standard InChI is InChI=1S/C15H20N2O/c1-10-14(15(16)7-3-4-8-15)12-9-11(18-2)5-6-13(12)17-10/h5-6,9,17H,3-4,7-8,16H2,1-2H3. The van der Waals surface area contributed by atoms with E-state index in [9.17, 15) is 0 Å². The maximum absolute atomic E-state index is 6.62. The lowest BCUT2D eigenvalue weighted by Crippen LogP contribution is -2.33. The molecular weight excluding hydrogens is 224 g/mol. The number of rotatable bonds is 2. The van der Waals surface area contributed by atoms with Crippen molar-refractivity contribution in [2.75, 3.05) is 7.11 Å². The Morgan fingerprint density at radius 3 is 2.67 bits per heavy atom. The molecule has 1 aliphatic rings. The van der Waals surface area contributed by atoms with Crippen molar-refractivity contribution in [1.29, 1.82) is 0 Å². The second-order valence-electron chi connectivity index (χ2n) is 5.40. The zero-order chi connectivity index (χ0) is 12.8. The molecule has 0 saturated heterocycles. The summed E-state index contributed by atoms with van der Waals surface area (Å²) in [4.78, 5) is 3.44. The highest BCUT2D eigenvalue weighted by Gasteiger charge is 2.34. The number of hydrogen-bond acceptors (Lipinski definition) is 2. The molecule has 1 aliphatic carbocycles. The van der Waals surface area contributed by atoms with Crippen LogP contribution in [0.25, 0.3) is 10.9 Å². The summed E-state index contributed by atoms with van der Waals surface area (Å²) in [7, 11) is 1.70. The van der Waals surface area contributed by atoms with Gasteiger partial charge >= 0.3 is 0 Å². The smallest absolute Gasteiger partial charge is 0.119 e. The zero-order valence-corrected chi connectivity index (χ0v) is 11.0. The van der Waals surface area contributed by atoms with Gasteiger partial charge < -0.3 is 15.5 Å². The molecule has 1 fully saturated rings. The van der Waals surface area contributed by atoms with Gasteiger partial charge in [0, 0.05) is 27.7 Å². The van der Waals surface area contributed by atoms with Crippen molar-refractivity contribution in [2.24, 2.45) is 5.73 Å². The molecule has 0 aliphatic heterocycles. The molecule has 3 rings (SSSR count). The lowest BCUT2D eigenvalue weighted by molar-refractivity contribution is 0.415. The first kappa shape index (κ1) is 11.6.